The topological polar surface area (TPSA) is 112 Å². The second-order valence-corrected chi connectivity index (χ2v) is 11.8. The first-order valence-corrected chi connectivity index (χ1v) is 14.3. The van der Waals surface area contributed by atoms with Crippen molar-refractivity contribution in [3.05, 3.63) is 30.1 Å². The van der Waals surface area contributed by atoms with Crippen molar-refractivity contribution in [2.45, 2.75) is 50.9 Å². The Bertz CT molecular complexity index is 1140. The zero-order valence-corrected chi connectivity index (χ0v) is 23.2. The molecule has 0 aromatic carbocycles. The lowest BCUT2D eigenvalue weighted by molar-refractivity contribution is 0.0527. The minimum absolute atomic E-state index is 0.0362. The Hall–Kier alpha value is -2.76. The second-order valence-electron chi connectivity index (χ2n) is 10.6. The first-order chi connectivity index (χ1) is 18.4. The van der Waals surface area contributed by atoms with Gasteiger partial charge in [0.25, 0.3) is 5.91 Å². The van der Waals surface area contributed by atoms with Gasteiger partial charge in [0.05, 0.1) is 44.0 Å². The van der Waals surface area contributed by atoms with Crippen molar-refractivity contribution in [1.82, 2.24) is 9.97 Å². The Morgan fingerprint density at radius 2 is 2.05 bits per heavy atom. The van der Waals surface area contributed by atoms with Crippen LogP contribution >= 0.6 is 11.9 Å². The van der Waals surface area contributed by atoms with Gasteiger partial charge in [0.1, 0.15) is 11.5 Å². The van der Waals surface area contributed by atoms with E-state index in [1.807, 2.05) is 19.9 Å². The van der Waals surface area contributed by atoms with Crippen molar-refractivity contribution in [2.75, 3.05) is 66.3 Å². The van der Waals surface area contributed by atoms with E-state index < -0.39 is 0 Å². The number of morpholine rings is 1. The average Bonchev–Trinajstić information content (AvgIpc) is 3.70. The van der Waals surface area contributed by atoms with Gasteiger partial charge in [0.15, 0.2) is 11.6 Å². The number of piperidine rings is 1. The van der Waals surface area contributed by atoms with Crippen LogP contribution in [0.25, 0.3) is 0 Å². The summed E-state index contributed by atoms with van der Waals surface area (Å²) in [5.41, 5.74) is 2.46. The van der Waals surface area contributed by atoms with Crippen molar-refractivity contribution in [3.63, 3.8) is 0 Å². The number of aliphatic hydroxyl groups is 1. The van der Waals surface area contributed by atoms with Gasteiger partial charge in [0.2, 0.25) is 0 Å². The number of hydrogen-bond acceptors (Lipinski definition) is 10. The first kappa shape index (κ1) is 26.8. The number of aromatic nitrogens is 2. The summed E-state index contributed by atoms with van der Waals surface area (Å²) < 4.78 is 14.5. The van der Waals surface area contributed by atoms with E-state index in [-0.39, 0.29) is 23.9 Å². The smallest absolute Gasteiger partial charge is 0.274 e. The predicted octanol–water partition coefficient (Wildman–Crippen LogP) is 3.78. The van der Waals surface area contributed by atoms with Gasteiger partial charge in [0, 0.05) is 37.5 Å². The number of hydrogen-bond donors (Lipinski definition) is 3. The SMILES string of the molecule is COc1ccc(C(=O)Nc2cnc(NS[C@H](C)CO)cc2N2CCC3(CC2)CC3)nc1N1CCO[C@H](C)C1. The van der Waals surface area contributed by atoms with Gasteiger partial charge in [-0.25, -0.2) is 9.97 Å². The minimum atomic E-state index is -0.294. The molecule has 5 rings (SSSR count). The van der Waals surface area contributed by atoms with E-state index in [9.17, 15) is 9.90 Å². The van der Waals surface area contributed by atoms with Crippen LogP contribution < -0.4 is 24.6 Å². The van der Waals surface area contributed by atoms with Crippen LogP contribution in [0.5, 0.6) is 5.75 Å². The van der Waals surface area contributed by atoms with Gasteiger partial charge in [-0.3, -0.25) is 4.79 Å². The maximum atomic E-state index is 13.4. The molecule has 1 aliphatic carbocycles. The lowest BCUT2D eigenvalue weighted by atomic mass is 9.93. The van der Waals surface area contributed by atoms with E-state index in [0.717, 1.165) is 18.8 Å². The van der Waals surface area contributed by atoms with Gasteiger partial charge >= 0.3 is 0 Å². The second kappa shape index (κ2) is 11.5. The fraction of sp³-hybridized carbons (Fsp3) is 0.593. The molecule has 2 aromatic rings. The molecule has 3 fully saturated rings. The number of nitrogens with zero attached hydrogens (tertiary/aromatic N) is 4. The summed E-state index contributed by atoms with van der Waals surface area (Å²) in [4.78, 5) is 27.1. The van der Waals surface area contributed by atoms with Crippen molar-refractivity contribution in [3.8, 4) is 5.75 Å². The Labute approximate surface area is 228 Å². The first-order valence-electron chi connectivity index (χ1n) is 13.4. The highest BCUT2D eigenvalue weighted by Gasteiger charge is 2.44. The largest absolute Gasteiger partial charge is 0.493 e. The number of aliphatic hydroxyl groups excluding tert-OH is 1. The van der Waals surface area contributed by atoms with Crippen molar-refractivity contribution < 1.29 is 19.4 Å². The Morgan fingerprint density at radius 1 is 1.26 bits per heavy atom. The monoisotopic (exact) mass is 542 g/mol. The molecule has 38 heavy (non-hydrogen) atoms. The maximum Gasteiger partial charge on any atom is 0.274 e. The van der Waals surface area contributed by atoms with E-state index in [2.05, 4.69) is 24.8 Å². The van der Waals surface area contributed by atoms with Gasteiger partial charge in [-0.2, -0.15) is 0 Å². The normalized spacial score (nSPS) is 21.2. The molecule has 0 unspecified atom stereocenters. The molecule has 0 radical (unpaired) electrons. The Kier molecular flexibility index (Phi) is 8.15. The number of nitrogens with one attached hydrogen (secondary N) is 2. The fourth-order valence-corrected chi connectivity index (χ4v) is 5.61. The van der Waals surface area contributed by atoms with Crippen LogP contribution in [0.15, 0.2) is 24.4 Å². The number of carbonyl (C=O) groups excluding carboxylic acids is 1. The summed E-state index contributed by atoms with van der Waals surface area (Å²) in [6, 6.07) is 5.47. The number of pyridine rings is 2. The molecular weight excluding hydrogens is 504 g/mol. The molecule has 0 bridgehead atoms. The predicted molar refractivity (Wildman–Crippen MR) is 151 cm³/mol. The van der Waals surface area contributed by atoms with Crippen LogP contribution in [-0.2, 0) is 4.74 Å². The molecular formula is C27H38N6O4S. The molecule has 206 valence electrons. The van der Waals surface area contributed by atoms with Gasteiger partial charge in [-0.05, 0) is 69.0 Å². The molecule has 2 aliphatic heterocycles. The molecule has 11 heteroatoms. The summed E-state index contributed by atoms with van der Waals surface area (Å²) in [5, 5.41) is 12.5. The summed E-state index contributed by atoms with van der Waals surface area (Å²) in [6.07, 6.45) is 6.78. The van der Waals surface area contributed by atoms with Gasteiger partial charge in [-0.1, -0.05) is 0 Å². The Morgan fingerprint density at radius 3 is 2.74 bits per heavy atom. The van der Waals surface area contributed by atoms with E-state index in [1.54, 1.807) is 25.4 Å². The third kappa shape index (κ3) is 6.10. The minimum Gasteiger partial charge on any atom is -0.493 e. The third-order valence-corrected chi connectivity index (χ3v) is 8.58. The Balaban J connectivity index is 1.37. The van der Waals surface area contributed by atoms with Crippen LogP contribution in [0.4, 0.5) is 23.0 Å². The molecule has 1 saturated carbocycles. The average molecular weight is 543 g/mol. The molecule has 2 saturated heterocycles. The molecule has 3 N–H and O–H groups in total. The number of carbonyl (C=O) groups is 1. The van der Waals surface area contributed by atoms with Crippen LogP contribution in [-0.4, -0.2) is 78.8 Å². The van der Waals surface area contributed by atoms with Crippen molar-refractivity contribution in [1.29, 1.82) is 0 Å². The summed E-state index contributed by atoms with van der Waals surface area (Å²) in [6.45, 7) is 7.92. The zero-order chi connectivity index (χ0) is 26.7. The van der Waals surface area contributed by atoms with Gasteiger partial charge < -0.3 is 34.4 Å². The number of rotatable bonds is 9. The summed E-state index contributed by atoms with van der Waals surface area (Å²) >= 11 is 1.43. The standard InChI is InChI=1S/C27H38N6O4S/c1-18-16-33(12-13-37-18)25-23(36-3)5-4-20(29-25)26(35)30-21-15-28-24(31-38-19(2)17-34)14-22(21)32-10-8-27(6-7-27)9-11-32/h4-5,14-15,18-19,34H,6-13,16-17H2,1-3H3,(H,28,31)(H,30,35)/t18-,19-/m1/s1. The molecule has 3 aliphatic rings. The van der Waals surface area contributed by atoms with Crippen LogP contribution in [0, 0.1) is 5.41 Å². The lowest BCUT2D eigenvalue weighted by Crippen LogP contribution is -2.41. The van der Waals surface area contributed by atoms with Crippen molar-refractivity contribution in [2.24, 2.45) is 5.41 Å². The van der Waals surface area contributed by atoms with Crippen LogP contribution in [0.1, 0.15) is 50.0 Å². The highest BCUT2D eigenvalue weighted by molar-refractivity contribution is 8.01. The van der Waals surface area contributed by atoms with Crippen LogP contribution in [0.3, 0.4) is 0 Å². The van der Waals surface area contributed by atoms with Gasteiger partial charge in [-0.15, -0.1) is 0 Å². The molecule has 10 nitrogen and oxygen atoms in total. The number of ether oxygens (including phenoxy) is 2. The summed E-state index contributed by atoms with van der Waals surface area (Å²) in [5.74, 6) is 1.68. The zero-order valence-electron chi connectivity index (χ0n) is 22.4. The van der Waals surface area contributed by atoms with E-state index >= 15 is 0 Å². The molecule has 2 atom stereocenters. The number of anilines is 4. The van der Waals surface area contributed by atoms with E-state index in [1.165, 1.54) is 37.6 Å². The van der Waals surface area contributed by atoms with Crippen LogP contribution in [0.2, 0.25) is 0 Å². The number of methoxy groups -OCH3 is 1. The highest BCUT2D eigenvalue weighted by atomic mass is 32.2. The quantitative estimate of drug-likeness (QED) is 0.405. The molecule has 1 spiro atoms. The maximum absolute atomic E-state index is 13.4. The molecule has 4 heterocycles. The lowest BCUT2D eigenvalue weighted by Gasteiger charge is -2.35. The number of amides is 1. The summed E-state index contributed by atoms with van der Waals surface area (Å²) in [7, 11) is 1.61. The fourth-order valence-electron chi connectivity index (χ4n) is 5.10. The molecule has 2 aromatic heterocycles. The third-order valence-electron chi connectivity index (χ3n) is 7.71. The highest BCUT2D eigenvalue weighted by Crippen LogP contribution is 2.54. The van der Waals surface area contributed by atoms with Crippen molar-refractivity contribution >= 4 is 40.9 Å². The molecule has 1 amide bonds. The van der Waals surface area contributed by atoms with E-state index in [0.29, 0.717) is 53.9 Å². The van der Waals surface area contributed by atoms with E-state index in [4.69, 9.17) is 14.5 Å².